The van der Waals surface area contributed by atoms with E-state index in [0.29, 0.717) is 5.92 Å². The van der Waals surface area contributed by atoms with Crippen molar-refractivity contribution >= 4 is 27.6 Å². The number of rotatable bonds is 3. The maximum absolute atomic E-state index is 11.4. The van der Waals surface area contributed by atoms with Gasteiger partial charge in [-0.05, 0) is 30.0 Å². The Morgan fingerprint density at radius 1 is 1.40 bits per heavy atom. The molecule has 1 aliphatic rings. The fraction of sp³-hybridized carbons (Fsp3) is 0.385. The summed E-state index contributed by atoms with van der Waals surface area (Å²) in [5, 5.41) is 2.99. The standard InChI is InChI=1S/C13H18N4O2S/c1-9(2)7-10-5-4-6-11(8-10)15-13-12(14-3)16-20(18,19)17-13/h4-6,8-9H,7H2,1-3H3,(H,14,16)(H,15,17). The molecule has 1 aromatic rings. The first-order valence-corrected chi connectivity index (χ1v) is 7.79. The maximum atomic E-state index is 11.4. The van der Waals surface area contributed by atoms with Crippen molar-refractivity contribution in [1.29, 1.82) is 0 Å². The highest BCUT2D eigenvalue weighted by Gasteiger charge is 2.25. The first-order chi connectivity index (χ1) is 9.39. The predicted octanol–water partition coefficient (Wildman–Crippen LogP) is 1.57. The van der Waals surface area contributed by atoms with Crippen molar-refractivity contribution in [3.63, 3.8) is 0 Å². The van der Waals surface area contributed by atoms with E-state index in [1.807, 2.05) is 24.3 Å². The van der Waals surface area contributed by atoms with Gasteiger partial charge in [-0.2, -0.15) is 8.42 Å². The SMILES string of the molecule is CN=C1NS(=O)(=O)N=C1Nc1cccc(CC(C)C)c1. The molecular weight excluding hydrogens is 276 g/mol. The fourth-order valence-corrected chi connectivity index (χ4v) is 2.82. The number of benzene rings is 1. The molecule has 7 heteroatoms. The van der Waals surface area contributed by atoms with Crippen LogP contribution in [0.5, 0.6) is 0 Å². The predicted molar refractivity (Wildman–Crippen MR) is 81.5 cm³/mol. The summed E-state index contributed by atoms with van der Waals surface area (Å²) in [6.07, 6.45) is 0.966. The first kappa shape index (κ1) is 14.5. The monoisotopic (exact) mass is 294 g/mol. The summed E-state index contributed by atoms with van der Waals surface area (Å²) in [6, 6.07) is 7.83. The van der Waals surface area contributed by atoms with E-state index in [-0.39, 0.29) is 11.7 Å². The third kappa shape index (κ3) is 3.57. The molecule has 0 unspecified atom stereocenters. The van der Waals surface area contributed by atoms with Gasteiger partial charge in [-0.3, -0.25) is 4.99 Å². The second-order valence-corrected chi connectivity index (χ2v) is 6.35. The molecule has 20 heavy (non-hydrogen) atoms. The van der Waals surface area contributed by atoms with Crippen LogP contribution in [0.1, 0.15) is 19.4 Å². The van der Waals surface area contributed by atoms with Crippen molar-refractivity contribution in [2.45, 2.75) is 20.3 Å². The van der Waals surface area contributed by atoms with Crippen molar-refractivity contribution in [3.05, 3.63) is 29.8 Å². The van der Waals surface area contributed by atoms with Gasteiger partial charge in [-0.15, -0.1) is 4.40 Å². The topological polar surface area (TPSA) is 82.9 Å². The van der Waals surface area contributed by atoms with Crippen LogP contribution >= 0.6 is 0 Å². The van der Waals surface area contributed by atoms with Crippen LogP contribution in [0.25, 0.3) is 0 Å². The maximum Gasteiger partial charge on any atom is 0.345 e. The van der Waals surface area contributed by atoms with Crippen LogP contribution in [0.2, 0.25) is 0 Å². The summed E-state index contributed by atoms with van der Waals surface area (Å²) >= 11 is 0. The van der Waals surface area contributed by atoms with E-state index in [9.17, 15) is 8.42 Å². The van der Waals surface area contributed by atoms with E-state index in [1.165, 1.54) is 12.6 Å². The molecule has 0 bridgehead atoms. The minimum atomic E-state index is -3.66. The Kier molecular flexibility index (Phi) is 4.08. The summed E-state index contributed by atoms with van der Waals surface area (Å²) in [6.45, 7) is 4.30. The molecule has 0 aromatic heterocycles. The van der Waals surface area contributed by atoms with E-state index in [2.05, 4.69) is 33.3 Å². The van der Waals surface area contributed by atoms with E-state index in [1.54, 1.807) is 0 Å². The lowest BCUT2D eigenvalue weighted by atomic mass is 10.0. The fourth-order valence-electron chi connectivity index (χ4n) is 1.97. The number of aliphatic imine (C=N–C) groups is 1. The number of hydrogen-bond acceptors (Lipinski definition) is 4. The molecule has 108 valence electrons. The van der Waals surface area contributed by atoms with Crippen LogP contribution in [0.4, 0.5) is 5.69 Å². The Morgan fingerprint density at radius 2 is 2.15 bits per heavy atom. The number of amidine groups is 2. The molecule has 1 heterocycles. The second kappa shape index (κ2) is 5.62. The molecule has 6 nitrogen and oxygen atoms in total. The molecule has 0 fully saturated rings. The molecule has 2 N–H and O–H groups in total. The zero-order valence-corrected chi connectivity index (χ0v) is 12.5. The highest BCUT2D eigenvalue weighted by atomic mass is 32.2. The minimum absolute atomic E-state index is 0.217. The van der Waals surface area contributed by atoms with E-state index < -0.39 is 10.2 Å². The lowest BCUT2D eigenvalue weighted by Gasteiger charge is -2.09. The molecule has 0 aliphatic carbocycles. The van der Waals surface area contributed by atoms with Crippen molar-refractivity contribution in [1.82, 2.24) is 4.72 Å². The van der Waals surface area contributed by atoms with Crippen LogP contribution in [-0.2, 0) is 16.6 Å². The van der Waals surface area contributed by atoms with Gasteiger partial charge in [0.05, 0.1) is 0 Å². The summed E-state index contributed by atoms with van der Waals surface area (Å²) < 4.78 is 28.6. The van der Waals surface area contributed by atoms with Crippen molar-refractivity contribution in [2.24, 2.45) is 15.3 Å². The summed E-state index contributed by atoms with van der Waals surface area (Å²) in [4.78, 5) is 3.86. The van der Waals surface area contributed by atoms with Crippen molar-refractivity contribution in [2.75, 3.05) is 12.4 Å². The molecule has 0 spiro atoms. The Labute approximate surface area is 119 Å². The molecule has 0 amide bonds. The Bertz CT molecular complexity index is 663. The Morgan fingerprint density at radius 3 is 2.80 bits per heavy atom. The number of hydrogen-bond donors (Lipinski definition) is 2. The zero-order chi connectivity index (χ0) is 14.8. The van der Waals surface area contributed by atoms with Gasteiger partial charge in [-0.1, -0.05) is 26.0 Å². The smallest absolute Gasteiger partial charge is 0.336 e. The van der Waals surface area contributed by atoms with E-state index >= 15 is 0 Å². The molecule has 0 saturated heterocycles. The van der Waals surface area contributed by atoms with Crippen LogP contribution in [0.3, 0.4) is 0 Å². The molecular formula is C13H18N4O2S. The second-order valence-electron chi connectivity index (χ2n) is 5.01. The van der Waals surface area contributed by atoms with Crippen LogP contribution < -0.4 is 10.0 Å². The lowest BCUT2D eigenvalue weighted by molar-refractivity contribution is 0.596. The first-order valence-electron chi connectivity index (χ1n) is 6.35. The van der Waals surface area contributed by atoms with Crippen LogP contribution in [-0.4, -0.2) is 27.1 Å². The molecule has 0 saturated carbocycles. The highest BCUT2D eigenvalue weighted by molar-refractivity contribution is 7.89. The van der Waals surface area contributed by atoms with E-state index in [0.717, 1.165) is 12.1 Å². The quantitative estimate of drug-likeness (QED) is 0.887. The number of anilines is 1. The van der Waals surface area contributed by atoms with Crippen molar-refractivity contribution < 1.29 is 8.42 Å². The van der Waals surface area contributed by atoms with Gasteiger partial charge in [0, 0.05) is 12.7 Å². The largest absolute Gasteiger partial charge is 0.345 e. The van der Waals surface area contributed by atoms with Crippen molar-refractivity contribution in [3.8, 4) is 0 Å². The average molecular weight is 294 g/mol. The number of nitrogens with zero attached hydrogens (tertiary/aromatic N) is 2. The average Bonchev–Trinajstić information content (AvgIpc) is 2.63. The highest BCUT2D eigenvalue weighted by Crippen LogP contribution is 2.15. The number of nitrogens with one attached hydrogen (secondary N) is 2. The summed E-state index contributed by atoms with van der Waals surface area (Å²) in [5.74, 6) is 0.998. The van der Waals surface area contributed by atoms with E-state index in [4.69, 9.17) is 0 Å². The third-order valence-corrected chi connectivity index (χ3v) is 3.59. The third-order valence-electron chi connectivity index (χ3n) is 2.72. The summed E-state index contributed by atoms with van der Waals surface area (Å²) in [7, 11) is -2.15. The minimum Gasteiger partial charge on any atom is -0.336 e. The van der Waals surface area contributed by atoms with Gasteiger partial charge in [0.15, 0.2) is 11.7 Å². The van der Waals surface area contributed by atoms with Gasteiger partial charge < -0.3 is 5.32 Å². The van der Waals surface area contributed by atoms with Gasteiger partial charge >= 0.3 is 10.2 Å². The normalized spacial score (nSPS) is 19.0. The van der Waals surface area contributed by atoms with Gasteiger partial charge in [-0.25, -0.2) is 4.72 Å². The van der Waals surface area contributed by atoms with Gasteiger partial charge in [0.2, 0.25) is 0 Å². The Balaban J connectivity index is 2.22. The molecule has 1 aromatic carbocycles. The zero-order valence-electron chi connectivity index (χ0n) is 11.7. The van der Waals surface area contributed by atoms with Crippen LogP contribution in [0.15, 0.2) is 33.7 Å². The Hall–Kier alpha value is -1.89. The van der Waals surface area contributed by atoms with Gasteiger partial charge in [0.25, 0.3) is 0 Å². The molecule has 0 radical (unpaired) electrons. The molecule has 0 atom stereocenters. The molecule has 1 aliphatic heterocycles. The van der Waals surface area contributed by atoms with Crippen LogP contribution in [0, 0.1) is 5.92 Å². The lowest BCUT2D eigenvalue weighted by Crippen LogP contribution is -2.30. The van der Waals surface area contributed by atoms with Gasteiger partial charge in [0.1, 0.15) is 0 Å². The summed E-state index contributed by atoms with van der Waals surface area (Å²) in [5.41, 5.74) is 1.98. The molecule has 2 rings (SSSR count).